The van der Waals surface area contributed by atoms with E-state index in [4.69, 9.17) is 0 Å². The molecule has 2 rings (SSSR count). The fourth-order valence-electron chi connectivity index (χ4n) is 1.39. The van der Waals surface area contributed by atoms with Crippen molar-refractivity contribution in [2.75, 3.05) is 5.32 Å². The van der Waals surface area contributed by atoms with Crippen LogP contribution >= 0.6 is 0 Å². The molecule has 1 heterocycles. The highest BCUT2D eigenvalue weighted by Crippen LogP contribution is 2.10. The lowest BCUT2D eigenvalue weighted by Crippen LogP contribution is -2.13. The summed E-state index contributed by atoms with van der Waals surface area (Å²) in [4.78, 5) is 15.9. The zero-order valence-corrected chi connectivity index (χ0v) is 8.97. The van der Waals surface area contributed by atoms with Crippen LogP contribution in [-0.2, 0) is 0 Å². The third-order valence-corrected chi connectivity index (χ3v) is 2.28. The van der Waals surface area contributed by atoms with E-state index in [1.165, 1.54) is 0 Å². The Kier molecular flexibility index (Phi) is 2.96. The van der Waals surface area contributed by atoms with E-state index in [-0.39, 0.29) is 5.91 Å². The first-order chi connectivity index (χ1) is 7.77. The van der Waals surface area contributed by atoms with E-state index >= 15 is 0 Å². The average molecular weight is 212 g/mol. The number of hydrogen-bond acceptors (Lipinski definition) is 2. The Balaban J connectivity index is 2.18. The summed E-state index contributed by atoms with van der Waals surface area (Å²) in [5.74, 6) is 0.471. The molecule has 0 saturated heterocycles. The molecule has 1 N–H and O–H groups in total. The second kappa shape index (κ2) is 4.57. The number of amides is 1. The Morgan fingerprint density at radius 3 is 2.56 bits per heavy atom. The summed E-state index contributed by atoms with van der Waals surface area (Å²) in [7, 11) is 0. The number of nitrogens with zero attached hydrogens (tertiary/aromatic N) is 1. The summed E-state index contributed by atoms with van der Waals surface area (Å²) >= 11 is 0. The molecule has 1 aromatic carbocycles. The van der Waals surface area contributed by atoms with Crippen LogP contribution in [0.5, 0.6) is 0 Å². The molecular formula is C13H12N2O. The molecule has 2 aromatic rings. The van der Waals surface area contributed by atoms with Crippen molar-refractivity contribution < 1.29 is 4.79 Å². The van der Waals surface area contributed by atoms with E-state index in [1.54, 1.807) is 18.3 Å². The minimum Gasteiger partial charge on any atom is -0.306 e. The lowest BCUT2D eigenvalue weighted by molar-refractivity contribution is 0.102. The van der Waals surface area contributed by atoms with Crippen LogP contribution in [-0.4, -0.2) is 10.9 Å². The van der Waals surface area contributed by atoms with Crippen LogP contribution in [0.25, 0.3) is 0 Å². The van der Waals surface area contributed by atoms with Gasteiger partial charge in [-0.1, -0.05) is 24.3 Å². The zero-order chi connectivity index (χ0) is 11.4. The van der Waals surface area contributed by atoms with Gasteiger partial charge in [-0.2, -0.15) is 0 Å². The number of anilines is 1. The first-order valence-electron chi connectivity index (χ1n) is 5.05. The number of rotatable bonds is 2. The summed E-state index contributed by atoms with van der Waals surface area (Å²) in [6.45, 7) is 1.91. The highest BCUT2D eigenvalue weighted by molar-refractivity contribution is 6.04. The fourth-order valence-corrected chi connectivity index (χ4v) is 1.39. The van der Waals surface area contributed by atoms with Gasteiger partial charge >= 0.3 is 0 Å². The predicted molar refractivity (Wildman–Crippen MR) is 63.4 cm³/mol. The van der Waals surface area contributed by atoms with Crippen LogP contribution in [0.4, 0.5) is 5.82 Å². The lowest BCUT2D eigenvalue weighted by Gasteiger charge is -2.06. The van der Waals surface area contributed by atoms with E-state index in [9.17, 15) is 4.79 Å². The summed E-state index contributed by atoms with van der Waals surface area (Å²) in [6.07, 6.45) is 1.66. The summed E-state index contributed by atoms with van der Waals surface area (Å²) in [5, 5.41) is 2.78. The monoisotopic (exact) mass is 212 g/mol. The van der Waals surface area contributed by atoms with E-state index in [1.807, 2.05) is 37.3 Å². The number of hydrogen-bond donors (Lipinski definition) is 1. The SMILES string of the molecule is Cc1cccnc1NC(=O)c1ccccc1. The molecule has 0 unspecified atom stereocenters. The van der Waals surface area contributed by atoms with Crippen molar-refractivity contribution in [2.45, 2.75) is 6.92 Å². The van der Waals surface area contributed by atoms with Gasteiger partial charge in [0.05, 0.1) is 0 Å². The van der Waals surface area contributed by atoms with Gasteiger partial charge in [-0.3, -0.25) is 4.79 Å². The molecule has 0 aliphatic rings. The molecule has 0 radical (unpaired) electrons. The van der Waals surface area contributed by atoms with Gasteiger partial charge in [-0.25, -0.2) is 4.98 Å². The molecule has 0 fully saturated rings. The Labute approximate surface area is 94.1 Å². The van der Waals surface area contributed by atoms with Gasteiger partial charge in [0.2, 0.25) is 0 Å². The second-order valence-corrected chi connectivity index (χ2v) is 3.49. The van der Waals surface area contributed by atoms with E-state index in [0.717, 1.165) is 5.56 Å². The molecule has 80 valence electrons. The summed E-state index contributed by atoms with van der Waals surface area (Å²) in [5.41, 5.74) is 1.58. The predicted octanol–water partition coefficient (Wildman–Crippen LogP) is 2.64. The van der Waals surface area contributed by atoms with Crippen LogP contribution in [0.15, 0.2) is 48.7 Å². The van der Waals surface area contributed by atoms with Crippen LogP contribution in [0.3, 0.4) is 0 Å². The molecule has 0 spiro atoms. The Bertz CT molecular complexity index is 494. The molecular weight excluding hydrogens is 200 g/mol. The van der Waals surface area contributed by atoms with Crippen LogP contribution in [0, 0.1) is 6.92 Å². The number of aromatic nitrogens is 1. The first kappa shape index (κ1) is 10.4. The van der Waals surface area contributed by atoms with Crippen LogP contribution in [0.1, 0.15) is 15.9 Å². The smallest absolute Gasteiger partial charge is 0.256 e. The Morgan fingerprint density at radius 2 is 1.88 bits per heavy atom. The van der Waals surface area contributed by atoms with Gasteiger partial charge in [-0.15, -0.1) is 0 Å². The van der Waals surface area contributed by atoms with Gasteiger partial charge in [0.1, 0.15) is 5.82 Å². The van der Waals surface area contributed by atoms with Crippen molar-refractivity contribution in [3.8, 4) is 0 Å². The molecule has 1 amide bonds. The van der Waals surface area contributed by atoms with Crippen LogP contribution in [0.2, 0.25) is 0 Å². The highest BCUT2D eigenvalue weighted by Gasteiger charge is 2.06. The lowest BCUT2D eigenvalue weighted by atomic mass is 10.2. The normalized spacial score (nSPS) is 9.81. The topological polar surface area (TPSA) is 42.0 Å². The number of carbonyl (C=O) groups excluding carboxylic acids is 1. The van der Waals surface area contributed by atoms with E-state index in [0.29, 0.717) is 11.4 Å². The molecule has 0 atom stereocenters. The second-order valence-electron chi connectivity index (χ2n) is 3.49. The van der Waals surface area contributed by atoms with Crippen molar-refractivity contribution in [3.63, 3.8) is 0 Å². The first-order valence-corrected chi connectivity index (χ1v) is 5.05. The van der Waals surface area contributed by atoms with Crippen LogP contribution < -0.4 is 5.32 Å². The standard InChI is InChI=1S/C13H12N2O/c1-10-6-5-9-14-12(10)15-13(16)11-7-3-2-4-8-11/h2-9H,1H3,(H,14,15,16). The van der Waals surface area contributed by atoms with Gasteiger partial charge in [-0.05, 0) is 30.7 Å². The van der Waals surface area contributed by atoms with Gasteiger partial charge < -0.3 is 5.32 Å². The zero-order valence-electron chi connectivity index (χ0n) is 8.97. The molecule has 1 aromatic heterocycles. The van der Waals surface area contributed by atoms with Crippen molar-refractivity contribution in [1.82, 2.24) is 4.98 Å². The minimum absolute atomic E-state index is 0.137. The maximum Gasteiger partial charge on any atom is 0.256 e. The summed E-state index contributed by atoms with van der Waals surface area (Å²) in [6, 6.07) is 12.8. The molecule has 16 heavy (non-hydrogen) atoms. The van der Waals surface area contributed by atoms with Gasteiger partial charge in [0.15, 0.2) is 0 Å². The third kappa shape index (κ3) is 2.25. The number of nitrogens with one attached hydrogen (secondary N) is 1. The molecule has 0 bridgehead atoms. The van der Waals surface area contributed by atoms with Crippen molar-refractivity contribution in [3.05, 3.63) is 59.8 Å². The Hall–Kier alpha value is -2.16. The third-order valence-electron chi connectivity index (χ3n) is 2.28. The largest absolute Gasteiger partial charge is 0.306 e. The van der Waals surface area contributed by atoms with Crippen molar-refractivity contribution >= 4 is 11.7 Å². The maximum absolute atomic E-state index is 11.8. The number of aryl methyl sites for hydroxylation is 1. The summed E-state index contributed by atoms with van der Waals surface area (Å²) < 4.78 is 0. The molecule has 0 aliphatic heterocycles. The number of carbonyl (C=O) groups is 1. The quantitative estimate of drug-likeness (QED) is 0.831. The Morgan fingerprint density at radius 1 is 1.12 bits per heavy atom. The van der Waals surface area contributed by atoms with E-state index < -0.39 is 0 Å². The van der Waals surface area contributed by atoms with Gasteiger partial charge in [0.25, 0.3) is 5.91 Å². The van der Waals surface area contributed by atoms with Gasteiger partial charge in [0, 0.05) is 11.8 Å². The molecule has 0 saturated carbocycles. The maximum atomic E-state index is 11.8. The fraction of sp³-hybridized carbons (Fsp3) is 0.0769. The average Bonchev–Trinajstić information content (AvgIpc) is 2.33. The number of pyridine rings is 1. The van der Waals surface area contributed by atoms with Crippen molar-refractivity contribution in [1.29, 1.82) is 0 Å². The molecule has 3 heteroatoms. The van der Waals surface area contributed by atoms with E-state index in [2.05, 4.69) is 10.3 Å². The number of benzene rings is 1. The molecule has 0 aliphatic carbocycles. The minimum atomic E-state index is -0.137. The van der Waals surface area contributed by atoms with Crippen molar-refractivity contribution in [2.24, 2.45) is 0 Å². The highest BCUT2D eigenvalue weighted by atomic mass is 16.1. The molecule has 3 nitrogen and oxygen atoms in total.